The quantitative estimate of drug-likeness (QED) is 0.149. The van der Waals surface area contributed by atoms with E-state index in [0.717, 1.165) is 28.4 Å². The molecule has 0 aromatic rings. The molecular formula is C16H18NO12+. The molecule has 0 rings (SSSR count). The zero-order chi connectivity index (χ0) is 22.4. The summed E-state index contributed by atoms with van der Waals surface area (Å²) in [5.41, 5.74) is 0. The molecule has 0 heterocycles. The second kappa shape index (κ2) is 12.4. The molecule has 0 N–H and O–H groups in total. The number of rotatable bonds is 9. The molecule has 0 aliphatic carbocycles. The third kappa shape index (κ3) is 11.3. The Kier molecular flexibility index (Phi) is 10.7. The first kappa shape index (κ1) is 25.0. The molecule has 0 aromatic carbocycles. The summed E-state index contributed by atoms with van der Waals surface area (Å²) in [6, 6.07) is 0. The van der Waals surface area contributed by atoms with Crippen molar-refractivity contribution in [2.24, 2.45) is 0 Å². The number of carbonyl (C=O) groups is 6. The second-order valence-corrected chi connectivity index (χ2v) is 4.57. The molecule has 29 heavy (non-hydrogen) atoms. The highest BCUT2D eigenvalue weighted by Crippen LogP contribution is 2.11. The molecule has 0 fully saturated rings. The molecule has 158 valence electrons. The van der Waals surface area contributed by atoms with Gasteiger partial charge in [0.1, 0.15) is 0 Å². The minimum absolute atomic E-state index is 0.596. The van der Waals surface area contributed by atoms with Gasteiger partial charge in [-0.05, 0) is 0 Å². The molecule has 0 saturated carbocycles. The smallest absolute Gasteiger partial charge is 0.402 e. The molecule has 13 nitrogen and oxygen atoms in total. The molecule has 0 bridgehead atoms. The summed E-state index contributed by atoms with van der Waals surface area (Å²) in [6.45, 7) is 0. The Bertz CT molecular complexity index is 651. The number of esters is 3. The van der Waals surface area contributed by atoms with Crippen molar-refractivity contribution in [3.05, 3.63) is 36.5 Å². The van der Waals surface area contributed by atoms with Gasteiger partial charge in [0.05, 0.1) is 21.3 Å². The van der Waals surface area contributed by atoms with Gasteiger partial charge in [0.25, 0.3) is 0 Å². The summed E-state index contributed by atoms with van der Waals surface area (Å²) in [4.78, 5) is 80.4. The van der Waals surface area contributed by atoms with Gasteiger partial charge in [-0.3, -0.25) is 0 Å². The van der Waals surface area contributed by atoms with Crippen molar-refractivity contribution in [3.63, 3.8) is 0 Å². The van der Waals surface area contributed by atoms with Crippen LogP contribution in [0, 0.1) is 0 Å². The fraction of sp³-hybridized carbons (Fsp3) is 0.250. The predicted molar refractivity (Wildman–Crippen MR) is 87.9 cm³/mol. The summed E-state index contributed by atoms with van der Waals surface area (Å²) < 4.78 is 12.8. The Morgan fingerprint density at radius 3 is 0.897 bits per heavy atom. The maximum absolute atomic E-state index is 11.8. The van der Waals surface area contributed by atoms with E-state index in [1.165, 1.54) is 0 Å². The Morgan fingerprint density at radius 1 is 0.483 bits per heavy atom. The molecule has 0 atom stereocenters. The maximum atomic E-state index is 11.8. The normalized spacial score (nSPS) is 11.2. The zero-order valence-corrected chi connectivity index (χ0v) is 15.8. The molecule has 0 aromatic heterocycles. The fourth-order valence-electron chi connectivity index (χ4n) is 1.25. The largest absolute Gasteiger partial charge is 0.466 e. The Hall–Kier alpha value is -4.00. The standard InChI is InChI=1S/C16H18NO12/c1-17(27-14(21)8-5-11(18)24-2,28-15(22)9-6-12(19)25-3)29-16(23)10-7-13(20)26-4/h5-10H,1-4H3/q+1/b8-5+,9-6+,10-7+. The maximum Gasteiger partial charge on any atom is 0.402 e. The average molecular weight is 416 g/mol. The first-order valence-electron chi connectivity index (χ1n) is 7.40. The van der Waals surface area contributed by atoms with E-state index in [1.807, 2.05) is 0 Å². The number of hydrogen-bond acceptors (Lipinski definition) is 12. The van der Waals surface area contributed by atoms with Gasteiger partial charge in [-0.25, -0.2) is 28.8 Å². The molecule has 0 spiro atoms. The lowest BCUT2D eigenvalue weighted by Gasteiger charge is -2.21. The van der Waals surface area contributed by atoms with Crippen LogP contribution >= 0.6 is 0 Å². The van der Waals surface area contributed by atoms with E-state index < -0.39 is 40.8 Å². The van der Waals surface area contributed by atoms with Crippen LogP contribution in [0.2, 0.25) is 0 Å². The second-order valence-electron chi connectivity index (χ2n) is 4.57. The van der Waals surface area contributed by atoms with Crippen molar-refractivity contribution < 1.29 is 62.5 Å². The van der Waals surface area contributed by atoms with E-state index in [4.69, 9.17) is 0 Å². The number of carbonyl (C=O) groups excluding carboxylic acids is 6. The van der Waals surface area contributed by atoms with Gasteiger partial charge in [-0.15, -0.1) is 0 Å². The molecular weight excluding hydrogens is 398 g/mol. The molecule has 0 aliphatic rings. The highest BCUT2D eigenvalue weighted by molar-refractivity contribution is 5.93. The lowest BCUT2D eigenvalue weighted by molar-refractivity contribution is -1.32. The topological polar surface area (TPSA) is 158 Å². The van der Waals surface area contributed by atoms with Gasteiger partial charge >= 0.3 is 35.8 Å². The van der Waals surface area contributed by atoms with Gasteiger partial charge < -0.3 is 14.2 Å². The van der Waals surface area contributed by atoms with Crippen molar-refractivity contribution in [2.75, 3.05) is 28.4 Å². The lowest BCUT2D eigenvalue weighted by atomic mass is 10.5. The van der Waals surface area contributed by atoms with Gasteiger partial charge in [0, 0.05) is 36.5 Å². The number of quaternary nitrogens is 1. The first-order valence-corrected chi connectivity index (χ1v) is 7.40. The van der Waals surface area contributed by atoms with Crippen LogP contribution in [0.1, 0.15) is 0 Å². The van der Waals surface area contributed by atoms with E-state index in [2.05, 4.69) is 28.7 Å². The first-order chi connectivity index (χ1) is 13.5. The summed E-state index contributed by atoms with van der Waals surface area (Å²) >= 11 is 0. The molecule has 0 saturated heterocycles. The van der Waals surface area contributed by atoms with Crippen LogP contribution in [-0.4, -0.2) is 69.2 Å². The lowest BCUT2D eigenvalue weighted by Crippen LogP contribution is -2.47. The Labute approximate surface area is 164 Å². The number of hydroxylamine groups is 3. The highest BCUT2D eigenvalue weighted by atomic mass is 17.2. The van der Waals surface area contributed by atoms with Gasteiger partial charge in [0.15, 0.2) is 0 Å². The number of ether oxygens (including phenoxy) is 3. The van der Waals surface area contributed by atoms with Gasteiger partial charge in [-0.1, -0.05) is 0 Å². The minimum atomic E-state index is -1.86. The van der Waals surface area contributed by atoms with Crippen molar-refractivity contribution in [1.82, 2.24) is 0 Å². The van der Waals surface area contributed by atoms with E-state index >= 15 is 0 Å². The van der Waals surface area contributed by atoms with E-state index in [1.54, 1.807) is 0 Å². The molecule has 0 unspecified atom stereocenters. The van der Waals surface area contributed by atoms with Gasteiger partial charge in [0.2, 0.25) is 12.0 Å². The van der Waals surface area contributed by atoms with Crippen LogP contribution in [0.3, 0.4) is 0 Å². The Morgan fingerprint density at radius 2 is 0.690 bits per heavy atom. The van der Waals surface area contributed by atoms with E-state index in [0.29, 0.717) is 36.5 Å². The third-order valence-electron chi connectivity index (χ3n) is 2.44. The summed E-state index contributed by atoms with van der Waals surface area (Å²) in [5, 5.41) is 0. The van der Waals surface area contributed by atoms with E-state index in [-0.39, 0.29) is 0 Å². The zero-order valence-electron chi connectivity index (χ0n) is 15.8. The van der Waals surface area contributed by atoms with Crippen molar-refractivity contribution in [1.29, 1.82) is 0 Å². The Balaban J connectivity index is 5.41. The summed E-state index contributed by atoms with van der Waals surface area (Å²) in [7, 11) is 3.98. The molecule has 0 radical (unpaired) electrons. The number of methoxy groups -OCH3 is 3. The molecule has 0 amide bonds. The van der Waals surface area contributed by atoms with Crippen LogP contribution in [0.4, 0.5) is 0 Å². The van der Waals surface area contributed by atoms with Crippen molar-refractivity contribution in [2.45, 2.75) is 0 Å². The van der Waals surface area contributed by atoms with Crippen molar-refractivity contribution in [3.8, 4) is 0 Å². The van der Waals surface area contributed by atoms with Gasteiger partial charge in [-0.2, -0.15) is 14.5 Å². The highest BCUT2D eigenvalue weighted by Gasteiger charge is 2.38. The predicted octanol–water partition coefficient (Wildman–Crippen LogP) is -1.00. The minimum Gasteiger partial charge on any atom is -0.466 e. The molecule has 13 heteroatoms. The average Bonchev–Trinajstić information content (AvgIpc) is 2.67. The van der Waals surface area contributed by atoms with Crippen LogP contribution in [0.15, 0.2) is 36.5 Å². The monoisotopic (exact) mass is 416 g/mol. The SMILES string of the molecule is COC(=O)/C=C/C(=O)O[N+](C)(OC(=O)/C=C/C(=O)OC)OC(=O)/C=C/C(=O)OC. The van der Waals surface area contributed by atoms with Crippen LogP contribution in [-0.2, 0) is 57.5 Å². The fourth-order valence-corrected chi connectivity index (χ4v) is 1.25. The number of hydrogen-bond donors (Lipinski definition) is 0. The van der Waals surface area contributed by atoms with Crippen LogP contribution in [0.5, 0.6) is 0 Å². The van der Waals surface area contributed by atoms with E-state index in [9.17, 15) is 28.8 Å². The third-order valence-corrected chi connectivity index (χ3v) is 2.44. The van der Waals surface area contributed by atoms with Crippen LogP contribution < -0.4 is 0 Å². The molecule has 0 aliphatic heterocycles. The summed E-state index contributed by atoms with van der Waals surface area (Å²) in [6.07, 6.45) is 3.84. The van der Waals surface area contributed by atoms with Crippen LogP contribution in [0.25, 0.3) is 0 Å². The van der Waals surface area contributed by atoms with Crippen molar-refractivity contribution >= 4 is 35.8 Å². The summed E-state index contributed by atoms with van der Waals surface area (Å²) in [5.74, 6) is -6.54. The number of nitrogens with zero attached hydrogens (tertiary/aromatic N) is 1.